The van der Waals surface area contributed by atoms with Gasteiger partial charge in [0, 0.05) is 13.1 Å². The van der Waals surface area contributed by atoms with Crippen molar-refractivity contribution >= 4 is 18.0 Å². The summed E-state index contributed by atoms with van der Waals surface area (Å²) in [7, 11) is 0. The zero-order chi connectivity index (χ0) is 24.6. The molecule has 0 radical (unpaired) electrons. The summed E-state index contributed by atoms with van der Waals surface area (Å²) in [6, 6.07) is 25.1. The molecule has 1 saturated heterocycles. The average molecular weight is 473 g/mol. The molecule has 7 nitrogen and oxygen atoms in total. The van der Waals surface area contributed by atoms with E-state index in [-0.39, 0.29) is 19.7 Å². The molecule has 7 heteroatoms. The molecule has 0 aromatic heterocycles. The number of aryl methyl sites for hydroxylation is 1. The van der Waals surface area contributed by atoms with E-state index in [4.69, 9.17) is 4.74 Å². The maximum absolute atomic E-state index is 13.4. The Hall–Kier alpha value is -4.13. The number of carbonyl (C=O) groups is 3. The minimum Gasteiger partial charge on any atom is -0.480 e. The van der Waals surface area contributed by atoms with Crippen LogP contribution in [0.4, 0.5) is 4.79 Å². The third kappa shape index (κ3) is 5.87. The molecule has 35 heavy (non-hydrogen) atoms. The number of hydrogen-bond acceptors (Lipinski definition) is 4. The van der Waals surface area contributed by atoms with Gasteiger partial charge in [0.15, 0.2) is 12.1 Å². The second-order valence-corrected chi connectivity index (χ2v) is 8.49. The van der Waals surface area contributed by atoms with E-state index >= 15 is 0 Å². The number of hydrogen-bond donors (Lipinski definition) is 1. The Bertz CT molecular complexity index is 1140. The lowest BCUT2D eigenvalue weighted by molar-refractivity contribution is -0.155. The van der Waals surface area contributed by atoms with E-state index < -0.39 is 30.1 Å². The fourth-order valence-electron chi connectivity index (χ4n) is 4.34. The zero-order valence-corrected chi connectivity index (χ0v) is 19.3. The summed E-state index contributed by atoms with van der Waals surface area (Å²) >= 11 is 0. The topological polar surface area (TPSA) is 87.1 Å². The Kier molecular flexibility index (Phi) is 7.77. The highest BCUT2D eigenvalue weighted by Gasteiger charge is 2.53. The number of carbonyl (C=O) groups excluding carboxylic acids is 2. The minimum absolute atomic E-state index is 0.0831. The van der Waals surface area contributed by atoms with Gasteiger partial charge < -0.3 is 19.6 Å². The second-order valence-electron chi connectivity index (χ2n) is 8.49. The van der Waals surface area contributed by atoms with Gasteiger partial charge in [-0.3, -0.25) is 0 Å². The molecular formula is C28H28N2O5. The highest BCUT2D eigenvalue weighted by atomic mass is 16.5. The van der Waals surface area contributed by atoms with E-state index in [0.29, 0.717) is 6.42 Å². The maximum atomic E-state index is 13.4. The standard InChI is InChI=1S/C28H28N2O5/c31-26(32)24-25(27(33)35-18-10-17-21-11-4-1-5-12-21)30(20-23-15-8-3-9-16-23)28(34)29(24)19-22-13-6-2-7-14-22/h1-9,11-16,24-25H,10,17-20H2,(H,31,32)/t24-,25+/m0/s1. The summed E-state index contributed by atoms with van der Waals surface area (Å²) in [4.78, 5) is 41.6. The predicted octanol–water partition coefficient (Wildman–Crippen LogP) is 4.12. The number of aliphatic carboxylic acids is 1. The summed E-state index contributed by atoms with van der Waals surface area (Å²) < 4.78 is 5.52. The van der Waals surface area contributed by atoms with Crippen LogP contribution < -0.4 is 0 Å². The van der Waals surface area contributed by atoms with Gasteiger partial charge in [-0.15, -0.1) is 0 Å². The van der Waals surface area contributed by atoms with Gasteiger partial charge in [0.05, 0.1) is 6.61 Å². The van der Waals surface area contributed by atoms with Gasteiger partial charge in [-0.25, -0.2) is 14.4 Å². The van der Waals surface area contributed by atoms with Crippen molar-refractivity contribution in [2.45, 2.75) is 38.0 Å². The van der Waals surface area contributed by atoms with Gasteiger partial charge in [-0.1, -0.05) is 91.0 Å². The van der Waals surface area contributed by atoms with Crippen molar-refractivity contribution in [2.24, 2.45) is 0 Å². The number of carboxylic acid groups (broad SMARTS) is 1. The van der Waals surface area contributed by atoms with Gasteiger partial charge in [-0.2, -0.15) is 0 Å². The van der Waals surface area contributed by atoms with Crippen molar-refractivity contribution in [3.63, 3.8) is 0 Å². The molecular weight excluding hydrogens is 444 g/mol. The van der Waals surface area contributed by atoms with Gasteiger partial charge in [0.25, 0.3) is 0 Å². The molecule has 0 aliphatic carbocycles. The van der Waals surface area contributed by atoms with Gasteiger partial charge >= 0.3 is 18.0 Å². The lowest BCUT2D eigenvalue weighted by Crippen LogP contribution is -2.48. The molecule has 0 saturated carbocycles. The SMILES string of the molecule is O=C(O)[C@@H]1[C@H](C(=O)OCCCc2ccccc2)N(Cc2ccccc2)C(=O)N1Cc1ccccc1. The molecule has 3 aromatic rings. The Labute approximate surface area is 204 Å². The number of benzene rings is 3. The third-order valence-corrected chi connectivity index (χ3v) is 6.04. The largest absolute Gasteiger partial charge is 0.480 e. The second kappa shape index (κ2) is 11.3. The molecule has 1 fully saturated rings. The number of rotatable bonds is 10. The van der Waals surface area contributed by atoms with Gasteiger partial charge in [0.2, 0.25) is 0 Å². The third-order valence-electron chi connectivity index (χ3n) is 6.04. The molecule has 1 N–H and O–H groups in total. The summed E-state index contributed by atoms with van der Waals surface area (Å²) in [5.74, 6) is -1.94. The molecule has 4 rings (SSSR count). The Balaban J connectivity index is 1.53. The zero-order valence-electron chi connectivity index (χ0n) is 19.3. The van der Waals surface area contributed by atoms with E-state index in [9.17, 15) is 19.5 Å². The van der Waals surface area contributed by atoms with Crippen LogP contribution in [-0.2, 0) is 33.8 Å². The summed E-state index contributed by atoms with van der Waals surface area (Å²) in [5, 5.41) is 10.1. The van der Waals surface area contributed by atoms with Crippen molar-refractivity contribution in [1.82, 2.24) is 9.80 Å². The first kappa shape index (κ1) is 24.0. The van der Waals surface area contributed by atoms with Gasteiger partial charge in [0.1, 0.15) is 0 Å². The molecule has 0 spiro atoms. The maximum Gasteiger partial charge on any atom is 0.331 e. The molecule has 1 heterocycles. The van der Waals surface area contributed by atoms with E-state index in [1.165, 1.54) is 9.80 Å². The lowest BCUT2D eigenvalue weighted by atomic mass is 10.1. The van der Waals surface area contributed by atoms with E-state index in [1.54, 1.807) is 0 Å². The fourth-order valence-corrected chi connectivity index (χ4v) is 4.34. The fraction of sp³-hybridized carbons (Fsp3) is 0.250. The van der Waals surface area contributed by atoms with Crippen LogP contribution in [0.1, 0.15) is 23.1 Å². The van der Waals surface area contributed by atoms with Crippen LogP contribution in [0.15, 0.2) is 91.0 Å². The smallest absolute Gasteiger partial charge is 0.331 e. The Morgan fingerprint density at radius 2 is 1.17 bits per heavy atom. The molecule has 2 atom stereocenters. The van der Waals surface area contributed by atoms with Crippen LogP contribution in [0.3, 0.4) is 0 Å². The Morgan fingerprint density at radius 3 is 1.66 bits per heavy atom. The molecule has 2 amide bonds. The van der Waals surface area contributed by atoms with Crippen molar-refractivity contribution in [3.05, 3.63) is 108 Å². The molecule has 3 aromatic carbocycles. The van der Waals surface area contributed by atoms with Crippen LogP contribution in [0.2, 0.25) is 0 Å². The summed E-state index contributed by atoms with van der Waals surface area (Å²) in [6.45, 7) is 0.334. The van der Waals surface area contributed by atoms with Gasteiger partial charge in [-0.05, 0) is 29.5 Å². The first-order valence-electron chi connectivity index (χ1n) is 11.6. The number of ether oxygens (including phenoxy) is 1. The normalized spacial score (nSPS) is 17.4. The van der Waals surface area contributed by atoms with Crippen LogP contribution in [0.25, 0.3) is 0 Å². The first-order valence-corrected chi connectivity index (χ1v) is 11.6. The number of carboxylic acids is 1. The van der Waals surface area contributed by atoms with Crippen LogP contribution >= 0.6 is 0 Å². The number of urea groups is 1. The predicted molar refractivity (Wildman–Crippen MR) is 130 cm³/mol. The van der Waals surface area contributed by atoms with E-state index in [0.717, 1.165) is 23.1 Å². The summed E-state index contributed by atoms with van der Waals surface area (Å²) in [5.41, 5.74) is 2.71. The Morgan fingerprint density at radius 1 is 0.714 bits per heavy atom. The molecule has 0 bridgehead atoms. The van der Waals surface area contributed by atoms with E-state index in [2.05, 4.69) is 0 Å². The first-order chi connectivity index (χ1) is 17.0. The van der Waals surface area contributed by atoms with Crippen molar-refractivity contribution in [2.75, 3.05) is 6.61 Å². The quantitative estimate of drug-likeness (QED) is 0.354. The highest BCUT2D eigenvalue weighted by molar-refractivity contribution is 5.96. The van der Waals surface area contributed by atoms with E-state index in [1.807, 2.05) is 91.0 Å². The average Bonchev–Trinajstić information content (AvgIpc) is 3.15. The van der Waals surface area contributed by atoms with Crippen LogP contribution in [-0.4, -0.2) is 51.6 Å². The van der Waals surface area contributed by atoms with Crippen LogP contribution in [0.5, 0.6) is 0 Å². The van der Waals surface area contributed by atoms with Crippen molar-refractivity contribution < 1.29 is 24.2 Å². The van der Waals surface area contributed by atoms with Crippen molar-refractivity contribution in [3.8, 4) is 0 Å². The van der Waals surface area contributed by atoms with Crippen LogP contribution in [0, 0.1) is 0 Å². The number of amides is 2. The molecule has 1 aliphatic heterocycles. The monoisotopic (exact) mass is 472 g/mol. The molecule has 1 aliphatic rings. The number of nitrogens with zero attached hydrogens (tertiary/aromatic N) is 2. The minimum atomic E-state index is -1.35. The van der Waals surface area contributed by atoms with Crippen molar-refractivity contribution in [1.29, 1.82) is 0 Å². The summed E-state index contributed by atoms with van der Waals surface area (Å²) in [6.07, 6.45) is 1.33. The number of esters is 1. The highest BCUT2D eigenvalue weighted by Crippen LogP contribution is 2.28. The lowest BCUT2D eigenvalue weighted by Gasteiger charge is -2.24. The molecule has 0 unspecified atom stereocenters. The molecule has 180 valence electrons.